The third-order valence-corrected chi connectivity index (χ3v) is 8.67. The molecule has 216 valence electrons. The molecule has 1 amide bonds. The van der Waals surface area contributed by atoms with Gasteiger partial charge in [0.25, 0.3) is 11.6 Å². The van der Waals surface area contributed by atoms with Gasteiger partial charge >= 0.3 is 0 Å². The number of carbonyl (C=O) groups excluding carboxylic acids is 1. The van der Waals surface area contributed by atoms with Crippen molar-refractivity contribution in [3.8, 4) is 0 Å². The molecular formula is C32H30Cl2N4O4. The van der Waals surface area contributed by atoms with Gasteiger partial charge in [0.15, 0.2) is 0 Å². The molecule has 1 saturated heterocycles. The first kappa shape index (κ1) is 28.4. The number of benzene rings is 3. The normalized spacial score (nSPS) is 23.1. The molecule has 8 nitrogen and oxygen atoms in total. The third-order valence-electron chi connectivity index (χ3n) is 8.17. The van der Waals surface area contributed by atoms with Crippen molar-refractivity contribution in [3.63, 3.8) is 0 Å². The minimum absolute atomic E-state index is 0.0416. The maximum atomic E-state index is 14.2. The van der Waals surface area contributed by atoms with Crippen molar-refractivity contribution >= 4 is 52.3 Å². The summed E-state index contributed by atoms with van der Waals surface area (Å²) in [6, 6.07) is 19.5. The van der Waals surface area contributed by atoms with E-state index in [0.29, 0.717) is 48.0 Å². The fraction of sp³-hybridized carbons (Fsp3) is 0.312. The predicted octanol–water partition coefficient (Wildman–Crippen LogP) is 7.42. The smallest absolute Gasteiger partial charge is 0.293 e. The van der Waals surface area contributed by atoms with E-state index in [1.165, 1.54) is 11.1 Å². The Morgan fingerprint density at radius 2 is 1.69 bits per heavy atom. The summed E-state index contributed by atoms with van der Waals surface area (Å²) in [5.41, 5.74) is 4.46. The molecule has 6 rings (SSSR count). The number of halogens is 2. The lowest BCUT2D eigenvalue weighted by Gasteiger charge is -2.32. The van der Waals surface area contributed by atoms with Crippen LogP contribution in [0, 0.1) is 22.0 Å². The fourth-order valence-electron chi connectivity index (χ4n) is 6.22. The summed E-state index contributed by atoms with van der Waals surface area (Å²) >= 11 is 12.3. The first-order valence-electron chi connectivity index (χ1n) is 14.0. The third kappa shape index (κ3) is 5.67. The van der Waals surface area contributed by atoms with Crippen LogP contribution in [0.25, 0.3) is 6.08 Å². The van der Waals surface area contributed by atoms with Crippen molar-refractivity contribution < 1.29 is 14.5 Å². The number of nitro benzene ring substituents is 1. The summed E-state index contributed by atoms with van der Waals surface area (Å²) in [5.74, 6) is -0.0572. The van der Waals surface area contributed by atoms with Crippen molar-refractivity contribution in [2.45, 2.75) is 25.8 Å². The Labute approximate surface area is 254 Å². The van der Waals surface area contributed by atoms with Gasteiger partial charge in [-0.3, -0.25) is 14.9 Å². The van der Waals surface area contributed by atoms with Crippen LogP contribution in [-0.2, 0) is 4.74 Å². The van der Waals surface area contributed by atoms with Gasteiger partial charge < -0.3 is 9.64 Å². The Bertz CT molecular complexity index is 1570. The molecule has 3 aliphatic rings. The summed E-state index contributed by atoms with van der Waals surface area (Å²) in [5, 5.41) is 19.9. The highest BCUT2D eigenvalue weighted by Crippen LogP contribution is 2.47. The number of hydrogen-bond acceptors (Lipinski definition) is 6. The molecule has 1 saturated carbocycles. The highest BCUT2D eigenvalue weighted by molar-refractivity contribution is 6.30. The van der Waals surface area contributed by atoms with Crippen LogP contribution in [0.2, 0.25) is 10.0 Å². The van der Waals surface area contributed by atoms with Crippen molar-refractivity contribution in [1.29, 1.82) is 0 Å². The molecule has 42 heavy (non-hydrogen) atoms. The van der Waals surface area contributed by atoms with Gasteiger partial charge in [0.2, 0.25) is 0 Å². The second kappa shape index (κ2) is 11.9. The van der Waals surface area contributed by atoms with Crippen LogP contribution in [0.4, 0.5) is 11.4 Å². The van der Waals surface area contributed by atoms with Gasteiger partial charge in [-0.1, -0.05) is 54.4 Å². The molecule has 3 aromatic carbocycles. The Hall–Kier alpha value is -3.72. The van der Waals surface area contributed by atoms with E-state index in [2.05, 4.69) is 13.0 Å². The van der Waals surface area contributed by atoms with E-state index in [-0.39, 0.29) is 29.1 Å². The standard InChI is InChI=1S/C32H30Cl2N4O4/c1-20-16-24(18-21-2-7-25(33)8-3-21)30-27(17-20)31(22-4-9-26(34)10-5-22)37(35-30)32(39)23-6-11-28(29(19-23)38(40)41)36-12-14-42-15-13-36/h2-11,18-20,27,31H,12-17H2,1H3/b24-18+. The van der Waals surface area contributed by atoms with Crippen molar-refractivity contribution in [3.05, 3.63) is 109 Å². The Balaban J connectivity index is 1.41. The summed E-state index contributed by atoms with van der Waals surface area (Å²) in [7, 11) is 0. The topological polar surface area (TPSA) is 88.3 Å². The second-order valence-electron chi connectivity index (χ2n) is 11.1. The number of allylic oxidation sites excluding steroid dienone is 1. The number of rotatable bonds is 5. The van der Waals surface area contributed by atoms with Crippen LogP contribution in [0.3, 0.4) is 0 Å². The molecule has 0 aromatic heterocycles. The molecule has 2 heterocycles. The summed E-state index contributed by atoms with van der Waals surface area (Å²) < 4.78 is 5.41. The molecule has 0 bridgehead atoms. The van der Waals surface area contributed by atoms with Gasteiger partial charge in [0, 0.05) is 40.7 Å². The van der Waals surface area contributed by atoms with E-state index >= 15 is 0 Å². The molecule has 3 unspecified atom stereocenters. The van der Waals surface area contributed by atoms with Crippen LogP contribution in [0.5, 0.6) is 0 Å². The summed E-state index contributed by atoms with van der Waals surface area (Å²) in [6.45, 7) is 4.31. The highest BCUT2D eigenvalue weighted by Gasteiger charge is 2.45. The van der Waals surface area contributed by atoms with Gasteiger partial charge in [-0.05, 0) is 77.9 Å². The van der Waals surface area contributed by atoms with Gasteiger partial charge in [-0.15, -0.1) is 0 Å². The predicted molar refractivity (Wildman–Crippen MR) is 165 cm³/mol. The molecule has 2 aliphatic heterocycles. The zero-order valence-corrected chi connectivity index (χ0v) is 24.6. The number of ether oxygens (including phenoxy) is 1. The van der Waals surface area contributed by atoms with Crippen molar-refractivity contribution in [2.75, 3.05) is 31.2 Å². The van der Waals surface area contributed by atoms with Crippen molar-refractivity contribution in [1.82, 2.24) is 5.01 Å². The van der Waals surface area contributed by atoms with Crippen LogP contribution >= 0.6 is 23.2 Å². The zero-order chi connectivity index (χ0) is 29.4. The molecule has 3 aromatic rings. The minimum atomic E-state index is -0.428. The van der Waals surface area contributed by atoms with Crippen LogP contribution in [-0.4, -0.2) is 47.9 Å². The second-order valence-corrected chi connectivity index (χ2v) is 11.9. The number of nitro groups is 1. The lowest BCUT2D eigenvalue weighted by molar-refractivity contribution is -0.384. The summed E-state index contributed by atoms with van der Waals surface area (Å²) in [4.78, 5) is 27.8. The molecule has 1 aliphatic carbocycles. The lowest BCUT2D eigenvalue weighted by atomic mass is 9.73. The number of hydrogen-bond donors (Lipinski definition) is 0. The average molecular weight is 606 g/mol. The van der Waals surface area contributed by atoms with E-state index in [9.17, 15) is 14.9 Å². The number of nitrogens with zero attached hydrogens (tertiary/aromatic N) is 4. The SMILES string of the molecule is CC1C/C(=C\c2ccc(Cl)cc2)C2=NN(C(=O)c3ccc(N4CCOCC4)c([N+](=O)[O-])c3)C(c3ccc(Cl)cc3)C2C1. The van der Waals surface area contributed by atoms with Gasteiger partial charge in [-0.2, -0.15) is 5.10 Å². The first-order valence-corrected chi connectivity index (χ1v) is 14.8. The largest absolute Gasteiger partial charge is 0.378 e. The Morgan fingerprint density at radius 3 is 2.36 bits per heavy atom. The lowest BCUT2D eigenvalue weighted by Crippen LogP contribution is -2.36. The van der Waals surface area contributed by atoms with Crippen LogP contribution in [0.15, 0.2) is 77.4 Å². The van der Waals surface area contributed by atoms with Gasteiger partial charge in [-0.25, -0.2) is 5.01 Å². The van der Waals surface area contributed by atoms with Crippen LogP contribution < -0.4 is 4.90 Å². The van der Waals surface area contributed by atoms with Crippen molar-refractivity contribution in [2.24, 2.45) is 16.9 Å². The fourth-order valence-corrected chi connectivity index (χ4v) is 6.47. The van der Waals surface area contributed by atoms with Crippen LogP contribution in [0.1, 0.15) is 47.3 Å². The van der Waals surface area contributed by atoms with Gasteiger partial charge in [0.1, 0.15) is 5.69 Å². The number of hydrazone groups is 1. The van der Waals surface area contributed by atoms with E-state index in [1.807, 2.05) is 53.4 Å². The molecule has 3 atom stereocenters. The first-order chi connectivity index (χ1) is 20.3. The molecular weight excluding hydrogens is 575 g/mol. The van der Waals surface area contributed by atoms with E-state index < -0.39 is 4.92 Å². The van der Waals surface area contributed by atoms with E-state index in [1.54, 1.807) is 12.1 Å². The van der Waals surface area contributed by atoms with E-state index in [0.717, 1.165) is 35.3 Å². The zero-order valence-electron chi connectivity index (χ0n) is 23.1. The monoisotopic (exact) mass is 604 g/mol. The number of fused-ring (bicyclic) bond motifs is 1. The maximum absolute atomic E-state index is 14.2. The Kier molecular flexibility index (Phi) is 8.03. The Morgan fingerprint density at radius 1 is 1.02 bits per heavy atom. The number of anilines is 1. The van der Waals surface area contributed by atoms with Gasteiger partial charge in [0.05, 0.1) is 29.9 Å². The summed E-state index contributed by atoms with van der Waals surface area (Å²) in [6.07, 6.45) is 3.80. The number of amides is 1. The number of carbonyl (C=O) groups is 1. The molecule has 0 spiro atoms. The average Bonchev–Trinajstić information content (AvgIpc) is 3.38. The maximum Gasteiger partial charge on any atom is 0.293 e. The molecule has 0 N–H and O–H groups in total. The number of morpholine rings is 1. The highest BCUT2D eigenvalue weighted by atomic mass is 35.5. The van der Waals surface area contributed by atoms with E-state index in [4.69, 9.17) is 33.0 Å². The molecule has 2 fully saturated rings. The quantitative estimate of drug-likeness (QED) is 0.223. The molecule has 10 heteroatoms. The minimum Gasteiger partial charge on any atom is -0.378 e. The molecule has 0 radical (unpaired) electrons.